The predicted octanol–water partition coefficient (Wildman–Crippen LogP) is 1.54. The molecule has 0 bridgehead atoms. The third kappa shape index (κ3) is 4.75. The Morgan fingerprint density at radius 1 is 1.39 bits per heavy atom. The molecule has 0 fully saturated rings. The number of rotatable bonds is 6. The van der Waals surface area contributed by atoms with Crippen LogP contribution in [0.15, 0.2) is 18.2 Å². The Bertz CT molecular complexity index is 537. The van der Waals surface area contributed by atoms with E-state index in [0.717, 1.165) is 5.69 Å². The van der Waals surface area contributed by atoms with Crippen LogP contribution >= 0.6 is 0 Å². The first-order valence-electron chi connectivity index (χ1n) is 5.55. The number of carbonyl (C=O) groups is 1. The van der Waals surface area contributed by atoms with Crippen molar-refractivity contribution < 1.29 is 18.3 Å². The van der Waals surface area contributed by atoms with Crippen LogP contribution in [0.25, 0.3) is 0 Å². The van der Waals surface area contributed by atoms with Gasteiger partial charge in [-0.1, -0.05) is 0 Å². The van der Waals surface area contributed by atoms with Crippen LogP contribution in [0.2, 0.25) is 0 Å². The van der Waals surface area contributed by atoms with Crippen molar-refractivity contribution in [3.05, 3.63) is 29.3 Å². The van der Waals surface area contributed by atoms with Crippen molar-refractivity contribution in [3.8, 4) is 0 Å². The van der Waals surface area contributed by atoms with Gasteiger partial charge in [-0.05, 0) is 37.1 Å². The molecule has 1 aromatic rings. The van der Waals surface area contributed by atoms with Crippen LogP contribution in [0.5, 0.6) is 0 Å². The summed E-state index contributed by atoms with van der Waals surface area (Å²) in [5.74, 6) is -0.803. The molecule has 0 radical (unpaired) electrons. The molecule has 0 amide bonds. The lowest BCUT2D eigenvalue weighted by Crippen LogP contribution is -2.10. The molecule has 0 saturated heterocycles. The Balaban J connectivity index is 2.54. The van der Waals surface area contributed by atoms with Gasteiger partial charge in [0.15, 0.2) is 0 Å². The summed E-state index contributed by atoms with van der Waals surface area (Å²) >= 11 is 0. The molecule has 1 rings (SSSR count). The van der Waals surface area contributed by atoms with Crippen molar-refractivity contribution in [3.63, 3.8) is 0 Å². The molecule has 0 unspecified atom stereocenters. The quantitative estimate of drug-likeness (QED) is 0.767. The molecule has 100 valence electrons. The van der Waals surface area contributed by atoms with E-state index < -0.39 is 15.8 Å². The monoisotopic (exact) mass is 271 g/mol. The highest BCUT2D eigenvalue weighted by Gasteiger charge is 2.07. The fraction of sp³-hybridized carbons (Fsp3) is 0.417. The Morgan fingerprint density at radius 3 is 2.56 bits per heavy atom. The normalized spacial score (nSPS) is 11.2. The average molecular weight is 271 g/mol. The fourth-order valence-corrected chi connectivity index (χ4v) is 2.25. The zero-order chi connectivity index (χ0) is 13.8. The van der Waals surface area contributed by atoms with Crippen LogP contribution in [-0.2, 0) is 9.84 Å². The number of sulfone groups is 1. The van der Waals surface area contributed by atoms with Gasteiger partial charge in [0.25, 0.3) is 0 Å². The molecule has 6 heteroatoms. The number of aromatic carboxylic acids is 1. The zero-order valence-electron chi connectivity index (χ0n) is 10.4. The van der Waals surface area contributed by atoms with Crippen LogP contribution in [0.4, 0.5) is 5.69 Å². The van der Waals surface area contributed by atoms with Crippen molar-refractivity contribution in [1.29, 1.82) is 0 Å². The molecule has 0 heterocycles. The minimum Gasteiger partial charge on any atom is -0.478 e. The van der Waals surface area contributed by atoms with E-state index in [2.05, 4.69) is 5.32 Å². The van der Waals surface area contributed by atoms with Crippen LogP contribution in [0.3, 0.4) is 0 Å². The smallest absolute Gasteiger partial charge is 0.335 e. The molecular weight excluding hydrogens is 254 g/mol. The highest BCUT2D eigenvalue weighted by molar-refractivity contribution is 7.90. The van der Waals surface area contributed by atoms with Gasteiger partial charge < -0.3 is 10.4 Å². The molecule has 0 spiro atoms. The summed E-state index contributed by atoms with van der Waals surface area (Å²) in [7, 11) is -2.92. The third-order valence-corrected chi connectivity index (χ3v) is 3.51. The van der Waals surface area contributed by atoms with E-state index in [4.69, 9.17) is 5.11 Å². The van der Waals surface area contributed by atoms with E-state index >= 15 is 0 Å². The molecule has 5 nitrogen and oxygen atoms in total. The van der Waals surface area contributed by atoms with E-state index in [1.807, 2.05) is 0 Å². The molecule has 0 aliphatic heterocycles. The SMILES string of the molecule is Cc1cc(NCCCS(C)(=O)=O)ccc1C(=O)O. The molecular formula is C12H17NO4S. The van der Waals surface area contributed by atoms with Crippen LogP contribution in [0, 0.1) is 6.92 Å². The van der Waals surface area contributed by atoms with Gasteiger partial charge in [0.05, 0.1) is 11.3 Å². The summed E-state index contributed by atoms with van der Waals surface area (Å²) in [4.78, 5) is 10.8. The van der Waals surface area contributed by atoms with E-state index in [0.29, 0.717) is 18.5 Å². The van der Waals surface area contributed by atoms with E-state index in [-0.39, 0.29) is 11.3 Å². The van der Waals surface area contributed by atoms with Gasteiger partial charge in [0.1, 0.15) is 9.84 Å². The van der Waals surface area contributed by atoms with Crippen LogP contribution in [0.1, 0.15) is 22.3 Å². The number of anilines is 1. The van der Waals surface area contributed by atoms with Crippen molar-refractivity contribution in [2.45, 2.75) is 13.3 Å². The largest absolute Gasteiger partial charge is 0.478 e. The second kappa shape index (κ2) is 5.86. The minimum atomic E-state index is -2.92. The Labute approximate surface area is 107 Å². The highest BCUT2D eigenvalue weighted by atomic mass is 32.2. The van der Waals surface area contributed by atoms with Gasteiger partial charge in [0, 0.05) is 18.5 Å². The van der Waals surface area contributed by atoms with E-state index in [1.165, 1.54) is 12.3 Å². The molecule has 0 aromatic heterocycles. The summed E-state index contributed by atoms with van der Waals surface area (Å²) < 4.78 is 21.8. The van der Waals surface area contributed by atoms with Gasteiger partial charge in [-0.25, -0.2) is 13.2 Å². The van der Waals surface area contributed by atoms with E-state index in [1.54, 1.807) is 19.1 Å². The number of aryl methyl sites for hydroxylation is 1. The molecule has 0 atom stereocenters. The zero-order valence-corrected chi connectivity index (χ0v) is 11.3. The van der Waals surface area contributed by atoms with Gasteiger partial charge in [-0.3, -0.25) is 0 Å². The molecule has 1 aromatic carbocycles. The minimum absolute atomic E-state index is 0.145. The number of carboxylic acid groups (broad SMARTS) is 1. The number of nitrogens with one attached hydrogen (secondary N) is 1. The Morgan fingerprint density at radius 2 is 2.06 bits per heavy atom. The molecule has 0 aliphatic carbocycles. The van der Waals surface area contributed by atoms with Gasteiger partial charge >= 0.3 is 5.97 Å². The molecule has 2 N–H and O–H groups in total. The van der Waals surface area contributed by atoms with E-state index in [9.17, 15) is 13.2 Å². The number of hydrogen-bond acceptors (Lipinski definition) is 4. The maximum Gasteiger partial charge on any atom is 0.335 e. The maximum atomic E-state index is 10.9. The second-order valence-corrected chi connectivity index (χ2v) is 6.50. The first-order valence-corrected chi connectivity index (χ1v) is 7.61. The lowest BCUT2D eigenvalue weighted by molar-refractivity contribution is 0.0696. The van der Waals surface area contributed by atoms with Crippen molar-refractivity contribution in [2.75, 3.05) is 23.9 Å². The Kier molecular flexibility index (Phi) is 4.72. The fourth-order valence-electron chi connectivity index (χ4n) is 1.58. The number of carboxylic acids is 1. The average Bonchev–Trinajstić information content (AvgIpc) is 2.22. The molecule has 18 heavy (non-hydrogen) atoms. The number of hydrogen-bond donors (Lipinski definition) is 2. The summed E-state index contributed by atoms with van der Waals surface area (Å²) in [6, 6.07) is 4.96. The summed E-state index contributed by atoms with van der Waals surface area (Å²) in [5.41, 5.74) is 1.75. The summed E-state index contributed by atoms with van der Waals surface area (Å²) in [6.07, 6.45) is 1.73. The predicted molar refractivity (Wildman–Crippen MR) is 71.0 cm³/mol. The summed E-state index contributed by atoms with van der Waals surface area (Å²) in [6.45, 7) is 2.27. The van der Waals surface area contributed by atoms with Crippen molar-refractivity contribution >= 4 is 21.5 Å². The lowest BCUT2D eigenvalue weighted by Gasteiger charge is -2.08. The molecule has 0 saturated carbocycles. The van der Waals surface area contributed by atoms with Crippen molar-refractivity contribution in [2.24, 2.45) is 0 Å². The second-order valence-electron chi connectivity index (χ2n) is 4.25. The first kappa shape index (κ1) is 14.5. The van der Waals surface area contributed by atoms with Crippen molar-refractivity contribution in [1.82, 2.24) is 0 Å². The maximum absolute atomic E-state index is 10.9. The third-order valence-electron chi connectivity index (χ3n) is 2.48. The topological polar surface area (TPSA) is 83.5 Å². The lowest BCUT2D eigenvalue weighted by atomic mass is 10.1. The first-order chi connectivity index (χ1) is 8.29. The van der Waals surface area contributed by atoms with Crippen LogP contribution in [-0.4, -0.2) is 38.0 Å². The van der Waals surface area contributed by atoms with Crippen LogP contribution < -0.4 is 5.32 Å². The van der Waals surface area contributed by atoms with Gasteiger partial charge in [0.2, 0.25) is 0 Å². The van der Waals surface area contributed by atoms with Gasteiger partial charge in [-0.2, -0.15) is 0 Å². The summed E-state index contributed by atoms with van der Waals surface area (Å²) in [5, 5.41) is 11.9. The van der Waals surface area contributed by atoms with Gasteiger partial charge in [-0.15, -0.1) is 0 Å². The highest BCUT2D eigenvalue weighted by Crippen LogP contribution is 2.15. The molecule has 0 aliphatic rings. The Hall–Kier alpha value is -1.56. The number of benzene rings is 1. The standard InChI is InChI=1S/C12H17NO4S/c1-9-8-10(4-5-11(9)12(14)15)13-6-3-7-18(2,16)17/h4-5,8,13H,3,6-7H2,1-2H3,(H,14,15).